The van der Waals surface area contributed by atoms with Crippen LogP contribution < -0.4 is 16.0 Å². The fourth-order valence-electron chi connectivity index (χ4n) is 2.44. The van der Waals surface area contributed by atoms with Crippen molar-refractivity contribution in [2.75, 3.05) is 25.1 Å². The highest BCUT2D eigenvalue weighted by Gasteiger charge is 2.26. The Morgan fingerprint density at radius 3 is 3.05 bits per heavy atom. The molecule has 1 aliphatic rings. The van der Waals surface area contributed by atoms with Crippen molar-refractivity contribution in [3.05, 3.63) is 18.5 Å². The molecule has 1 aromatic rings. The number of pyridine rings is 1. The van der Waals surface area contributed by atoms with Gasteiger partial charge in [-0.05, 0) is 32.0 Å². The van der Waals surface area contributed by atoms with E-state index in [1.54, 1.807) is 0 Å². The lowest BCUT2D eigenvalue weighted by Crippen LogP contribution is -2.47. The highest BCUT2D eigenvalue weighted by molar-refractivity contribution is 7.89. The summed E-state index contributed by atoms with van der Waals surface area (Å²) in [5.74, 6) is 5.35. The summed E-state index contributed by atoms with van der Waals surface area (Å²) in [4.78, 5) is 6.18. The van der Waals surface area contributed by atoms with Gasteiger partial charge < -0.3 is 10.3 Å². The minimum atomic E-state index is -3.62. The number of likely N-dealkylation sites (tertiary alicyclic amines) is 1. The van der Waals surface area contributed by atoms with Gasteiger partial charge in [-0.15, -0.1) is 0 Å². The van der Waals surface area contributed by atoms with Crippen LogP contribution in [0.2, 0.25) is 0 Å². The average Bonchev–Trinajstić information content (AvgIpc) is 2.47. The Labute approximate surface area is 119 Å². The van der Waals surface area contributed by atoms with Crippen LogP contribution in [-0.4, -0.2) is 44.0 Å². The van der Waals surface area contributed by atoms with E-state index >= 15 is 0 Å². The van der Waals surface area contributed by atoms with Crippen molar-refractivity contribution in [3.63, 3.8) is 0 Å². The Morgan fingerprint density at radius 1 is 1.55 bits per heavy atom. The molecule has 1 atom stereocenters. The normalized spacial score (nSPS) is 20.8. The van der Waals surface area contributed by atoms with Gasteiger partial charge in [-0.25, -0.2) is 13.1 Å². The van der Waals surface area contributed by atoms with Crippen molar-refractivity contribution >= 4 is 15.7 Å². The summed E-state index contributed by atoms with van der Waals surface area (Å²) in [7, 11) is -3.62. The fourth-order valence-corrected chi connectivity index (χ4v) is 3.81. The molecule has 1 fully saturated rings. The number of piperidine rings is 1. The number of hydrazine groups is 1. The number of anilines is 1. The summed E-state index contributed by atoms with van der Waals surface area (Å²) in [5.41, 5.74) is 2.73. The largest absolute Gasteiger partial charge is 0.323 e. The number of nitrogens with two attached hydrogens (primary N) is 1. The molecule has 1 unspecified atom stereocenters. The molecule has 0 aromatic carbocycles. The molecule has 7 nitrogen and oxygen atoms in total. The Bertz CT molecular complexity index is 549. The summed E-state index contributed by atoms with van der Waals surface area (Å²) in [6.07, 6.45) is 4.64. The third-order valence-corrected chi connectivity index (χ3v) is 5.05. The van der Waals surface area contributed by atoms with Gasteiger partial charge in [0, 0.05) is 25.0 Å². The van der Waals surface area contributed by atoms with Crippen LogP contribution in [0.25, 0.3) is 0 Å². The second kappa shape index (κ2) is 6.49. The number of nitrogen functional groups attached to an aromatic ring is 1. The van der Waals surface area contributed by atoms with E-state index in [0.717, 1.165) is 32.5 Å². The number of hydrogen-bond acceptors (Lipinski definition) is 6. The van der Waals surface area contributed by atoms with Crippen LogP contribution in [0.3, 0.4) is 0 Å². The number of hydrogen-bond donors (Lipinski definition) is 3. The first-order valence-electron chi connectivity index (χ1n) is 6.72. The van der Waals surface area contributed by atoms with Crippen LogP contribution in [0, 0.1) is 0 Å². The number of aromatic nitrogens is 1. The maximum absolute atomic E-state index is 12.4. The van der Waals surface area contributed by atoms with Crippen LogP contribution in [0.4, 0.5) is 5.69 Å². The Morgan fingerprint density at radius 2 is 2.35 bits per heavy atom. The van der Waals surface area contributed by atoms with Gasteiger partial charge in [0.1, 0.15) is 4.90 Å². The van der Waals surface area contributed by atoms with E-state index in [-0.39, 0.29) is 10.9 Å². The first-order valence-corrected chi connectivity index (χ1v) is 8.20. The lowest BCUT2D eigenvalue weighted by Gasteiger charge is -2.32. The third kappa shape index (κ3) is 3.45. The van der Waals surface area contributed by atoms with E-state index in [1.165, 1.54) is 18.5 Å². The van der Waals surface area contributed by atoms with Crippen molar-refractivity contribution in [2.45, 2.75) is 30.7 Å². The molecule has 112 valence electrons. The fraction of sp³-hybridized carbons (Fsp3) is 0.583. The van der Waals surface area contributed by atoms with Crippen molar-refractivity contribution < 1.29 is 8.42 Å². The van der Waals surface area contributed by atoms with Gasteiger partial charge in [0.15, 0.2) is 0 Å². The van der Waals surface area contributed by atoms with Crippen LogP contribution in [-0.2, 0) is 10.0 Å². The minimum Gasteiger partial charge on any atom is -0.323 e. The second-order valence-electron chi connectivity index (χ2n) is 4.87. The molecule has 0 amide bonds. The lowest BCUT2D eigenvalue weighted by atomic mass is 10.1. The van der Waals surface area contributed by atoms with Crippen molar-refractivity contribution in [3.8, 4) is 0 Å². The standard InChI is InChI=1S/C12H21N5O2S/c1-2-17-7-3-4-10(9-17)16-20(18,19)12-8-14-6-5-11(12)15-13/h5-6,8,10,16H,2-4,7,9,13H2,1H3,(H,14,15). The first kappa shape index (κ1) is 15.2. The van der Waals surface area contributed by atoms with Gasteiger partial charge in [-0.3, -0.25) is 10.8 Å². The van der Waals surface area contributed by atoms with E-state index in [9.17, 15) is 8.42 Å². The van der Waals surface area contributed by atoms with Crippen molar-refractivity contribution in [1.82, 2.24) is 14.6 Å². The number of nitrogens with one attached hydrogen (secondary N) is 2. The molecule has 0 radical (unpaired) electrons. The molecular formula is C12H21N5O2S. The molecule has 1 aliphatic heterocycles. The number of likely N-dealkylation sites (N-methyl/N-ethyl adjacent to an activating group) is 1. The van der Waals surface area contributed by atoms with Gasteiger partial charge in [0.25, 0.3) is 0 Å². The van der Waals surface area contributed by atoms with Gasteiger partial charge in [-0.2, -0.15) is 0 Å². The Hall–Kier alpha value is -1.22. The molecule has 2 heterocycles. The van der Waals surface area contributed by atoms with E-state index in [4.69, 9.17) is 5.84 Å². The molecule has 0 aliphatic carbocycles. The predicted molar refractivity (Wildman–Crippen MR) is 77.5 cm³/mol. The topological polar surface area (TPSA) is 100 Å². The van der Waals surface area contributed by atoms with Gasteiger partial charge in [-0.1, -0.05) is 6.92 Å². The van der Waals surface area contributed by atoms with Gasteiger partial charge in [0.2, 0.25) is 10.0 Å². The predicted octanol–water partition coefficient (Wildman–Crippen LogP) is 0.130. The molecule has 20 heavy (non-hydrogen) atoms. The summed E-state index contributed by atoms with van der Waals surface area (Å²) in [5, 5.41) is 0. The van der Waals surface area contributed by atoms with Crippen LogP contribution >= 0.6 is 0 Å². The molecule has 0 bridgehead atoms. The quantitative estimate of drug-likeness (QED) is 0.528. The number of sulfonamides is 1. The second-order valence-corrected chi connectivity index (χ2v) is 6.55. The summed E-state index contributed by atoms with van der Waals surface area (Å²) < 4.78 is 27.6. The lowest BCUT2D eigenvalue weighted by molar-refractivity contribution is 0.211. The zero-order chi connectivity index (χ0) is 14.6. The molecule has 0 saturated carbocycles. The van der Waals surface area contributed by atoms with Gasteiger partial charge in [0.05, 0.1) is 5.69 Å². The van der Waals surface area contributed by atoms with Crippen LogP contribution in [0.15, 0.2) is 23.4 Å². The van der Waals surface area contributed by atoms with E-state index in [1.807, 2.05) is 0 Å². The van der Waals surface area contributed by atoms with Crippen molar-refractivity contribution in [1.29, 1.82) is 0 Å². The molecule has 1 saturated heterocycles. The van der Waals surface area contributed by atoms with Crippen molar-refractivity contribution in [2.24, 2.45) is 5.84 Å². The minimum absolute atomic E-state index is 0.0699. The monoisotopic (exact) mass is 299 g/mol. The molecule has 2 rings (SSSR count). The highest BCUT2D eigenvalue weighted by atomic mass is 32.2. The van der Waals surface area contributed by atoms with Crippen LogP contribution in [0.5, 0.6) is 0 Å². The zero-order valence-electron chi connectivity index (χ0n) is 11.5. The Kier molecular flexibility index (Phi) is 4.92. The van der Waals surface area contributed by atoms with Gasteiger partial charge >= 0.3 is 0 Å². The van der Waals surface area contributed by atoms with E-state index in [2.05, 4.69) is 27.0 Å². The summed E-state index contributed by atoms with van der Waals surface area (Å²) >= 11 is 0. The third-order valence-electron chi connectivity index (χ3n) is 3.50. The number of nitrogens with zero attached hydrogens (tertiary/aromatic N) is 2. The van der Waals surface area contributed by atoms with Crippen LogP contribution in [0.1, 0.15) is 19.8 Å². The summed E-state index contributed by atoms with van der Waals surface area (Å²) in [6, 6.07) is 1.47. The molecular weight excluding hydrogens is 278 g/mol. The SMILES string of the molecule is CCN1CCCC(NS(=O)(=O)c2cnccc2NN)C1. The molecule has 4 N–H and O–H groups in total. The highest BCUT2D eigenvalue weighted by Crippen LogP contribution is 2.20. The molecule has 0 spiro atoms. The average molecular weight is 299 g/mol. The first-order chi connectivity index (χ1) is 9.56. The number of rotatable bonds is 5. The molecule has 1 aromatic heterocycles. The summed E-state index contributed by atoms with van der Waals surface area (Å²) in [6.45, 7) is 4.77. The Balaban J connectivity index is 2.14. The van der Waals surface area contributed by atoms with E-state index < -0.39 is 10.0 Å². The zero-order valence-corrected chi connectivity index (χ0v) is 12.4. The maximum atomic E-state index is 12.4. The maximum Gasteiger partial charge on any atom is 0.244 e. The van der Waals surface area contributed by atoms with E-state index in [0.29, 0.717) is 5.69 Å². The molecule has 8 heteroatoms. The smallest absolute Gasteiger partial charge is 0.244 e.